The van der Waals surface area contributed by atoms with Crippen LogP contribution in [-0.2, 0) is 14.8 Å². The lowest BCUT2D eigenvalue weighted by Gasteiger charge is -2.56. The second-order valence-electron chi connectivity index (χ2n) is 12.9. The molecule has 1 N–H and O–H groups in total. The van der Waals surface area contributed by atoms with Gasteiger partial charge < -0.3 is 5.11 Å². The Balaban J connectivity index is 1.10. The lowest BCUT2D eigenvalue weighted by Crippen LogP contribution is -2.52. The summed E-state index contributed by atoms with van der Waals surface area (Å²) in [4.78, 5) is 15.7. The van der Waals surface area contributed by atoms with Gasteiger partial charge in [0, 0.05) is 32.1 Å². The Kier molecular flexibility index (Phi) is 5.38. The molecule has 0 aromatic carbocycles. The number of hydrogen-bond acceptors (Lipinski definition) is 5. The molecule has 5 saturated carbocycles. The first-order valence-electron chi connectivity index (χ1n) is 13.5. The van der Waals surface area contributed by atoms with E-state index >= 15 is 0 Å². The van der Waals surface area contributed by atoms with Gasteiger partial charge in [-0.1, -0.05) is 6.92 Å². The normalized spacial score (nSPS) is 50.1. The van der Waals surface area contributed by atoms with E-state index in [0.717, 1.165) is 42.9 Å². The van der Waals surface area contributed by atoms with E-state index in [9.17, 15) is 18.3 Å². The molecule has 186 valence electrons. The third-order valence-corrected chi connectivity index (χ3v) is 12.8. The van der Waals surface area contributed by atoms with Gasteiger partial charge in [-0.05, 0) is 98.7 Å². The largest absolute Gasteiger partial charge is 0.390 e. The minimum Gasteiger partial charge on any atom is -0.390 e. The zero-order chi connectivity index (χ0) is 23.2. The van der Waals surface area contributed by atoms with Crippen LogP contribution in [0.3, 0.4) is 0 Å². The minimum atomic E-state index is -3.14. The van der Waals surface area contributed by atoms with Gasteiger partial charge in [0.15, 0.2) is 0 Å². The summed E-state index contributed by atoms with van der Waals surface area (Å²) in [5.41, 5.74) is -0.149. The van der Waals surface area contributed by atoms with E-state index in [0.29, 0.717) is 50.3 Å². The molecule has 7 heteroatoms. The van der Waals surface area contributed by atoms with E-state index in [2.05, 4.69) is 11.8 Å². The van der Waals surface area contributed by atoms with Crippen LogP contribution in [0.2, 0.25) is 0 Å². The molecule has 6 aliphatic rings. The van der Waals surface area contributed by atoms with Crippen LogP contribution >= 0.6 is 0 Å². The summed E-state index contributed by atoms with van der Waals surface area (Å²) >= 11 is 0. The number of fused-ring (bicyclic) bond motifs is 7. The maximum atomic E-state index is 13.5. The van der Waals surface area contributed by atoms with Gasteiger partial charge in [-0.3, -0.25) is 9.69 Å². The van der Waals surface area contributed by atoms with Gasteiger partial charge in [0.1, 0.15) is 5.78 Å². The van der Waals surface area contributed by atoms with Gasteiger partial charge in [-0.15, -0.1) is 0 Å². The van der Waals surface area contributed by atoms with Crippen LogP contribution in [-0.4, -0.2) is 73.1 Å². The lowest BCUT2D eigenvalue weighted by atomic mass is 9.49. The second kappa shape index (κ2) is 7.75. The van der Waals surface area contributed by atoms with Crippen LogP contribution in [0.4, 0.5) is 0 Å². The van der Waals surface area contributed by atoms with Crippen LogP contribution < -0.4 is 0 Å². The maximum absolute atomic E-state index is 13.5. The molecule has 5 aliphatic carbocycles. The Morgan fingerprint density at radius 2 is 1.52 bits per heavy atom. The zero-order valence-corrected chi connectivity index (χ0v) is 21.2. The first-order chi connectivity index (χ1) is 15.6. The third-order valence-electron chi connectivity index (χ3n) is 11.5. The topological polar surface area (TPSA) is 77.9 Å². The number of ketones is 1. The maximum Gasteiger partial charge on any atom is 0.211 e. The van der Waals surface area contributed by atoms with Crippen molar-refractivity contribution in [1.82, 2.24) is 9.21 Å². The molecule has 1 aliphatic heterocycles. The molecule has 1 saturated heterocycles. The molecule has 0 spiro atoms. The van der Waals surface area contributed by atoms with Crippen molar-refractivity contribution in [3.8, 4) is 0 Å². The van der Waals surface area contributed by atoms with E-state index in [-0.39, 0.29) is 16.9 Å². The van der Waals surface area contributed by atoms with Crippen molar-refractivity contribution >= 4 is 15.8 Å². The van der Waals surface area contributed by atoms with Crippen molar-refractivity contribution < 1.29 is 18.3 Å². The third kappa shape index (κ3) is 3.66. The highest BCUT2D eigenvalue weighted by Crippen LogP contribution is 2.68. The van der Waals surface area contributed by atoms with E-state index < -0.39 is 10.0 Å². The molecule has 0 bridgehead atoms. The fourth-order valence-electron chi connectivity index (χ4n) is 9.76. The summed E-state index contributed by atoms with van der Waals surface area (Å²) in [7, 11) is -3.14. The Hall–Kier alpha value is -0.500. The molecule has 1 heterocycles. The smallest absolute Gasteiger partial charge is 0.211 e. The number of rotatable bonds is 4. The zero-order valence-electron chi connectivity index (χ0n) is 20.4. The Morgan fingerprint density at radius 1 is 0.879 bits per heavy atom. The van der Waals surface area contributed by atoms with Gasteiger partial charge in [0.2, 0.25) is 10.0 Å². The number of carbonyl (C=O) groups is 1. The molecule has 0 amide bonds. The average molecular weight is 479 g/mol. The number of piperazine rings is 1. The number of aliphatic hydroxyl groups is 1. The molecule has 6 fully saturated rings. The molecule has 6 rings (SSSR count). The van der Waals surface area contributed by atoms with E-state index in [1.54, 1.807) is 0 Å². The van der Waals surface area contributed by atoms with Crippen molar-refractivity contribution in [2.45, 2.75) is 70.3 Å². The van der Waals surface area contributed by atoms with E-state index in [1.165, 1.54) is 49.1 Å². The highest BCUT2D eigenvalue weighted by Gasteiger charge is 2.65. The van der Waals surface area contributed by atoms with Gasteiger partial charge in [0.25, 0.3) is 0 Å². The quantitative estimate of drug-likeness (QED) is 0.672. The number of nitrogens with zero attached hydrogens (tertiary/aromatic N) is 2. The van der Waals surface area contributed by atoms with Gasteiger partial charge in [-0.2, -0.15) is 4.31 Å². The molecule has 0 radical (unpaired) electrons. The van der Waals surface area contributed by atoms with E-state index in [4.69, 9.17) is 0 Å². The Morgan fingerprint density at radius 3 is 2.18 bits per heavy atom. The van der Waals surface area contributed by atoms with Crippen molar-refractivity contribution in [3.05, 3.63) is 0 Å². The van der Waals surface area contributed by atoms with Crippen molar-refractivity contribution in [2.75, 3.05) is 39.0 Å². The fraction of sp³-hybridized carbons (Fsp3) is 0.962. The molecule has 9 atom stereocenters. The highest BCUT2D eigenvalue weighted by molar-refractivity contribution is 7.88. The standard InChI is InChI=1S/C26H42N2O4S/c1-25-9-7-17-18-8-10-26(30)15-23(26)20(18)4-3-19(17)21(25)5-6-22(25)24(29)16-27-11-13-28(14-12-27)33(2,31)32/h17-23,30H,3-16H2,1-2H3/t17-,18-,19-,20+,21+,22-,23?,25+,26+/m1/s1. The molecule has 0 aromatic heterocycles. The summed E-state index contributed by atoms with van der Waals surface area (Å²) in [5.74, 6) is 5.05. The molecule has 1 unspecified atom stereocenters. The van der Waals surface area contributed by atoms with Crippen LogP contribution in [0, 0.1) is 46.8 Å². The number of carbonyl (C=O) groups excluding carboxylic acids is 1. The summed E-state index contributed by atoms with van der Waals surface area (Å²) < 4.78 is 25.1. The highest BCUT2D eigenvalue weighted by atomic mass is 32.2. The SMILES string of the molecule is C[C@]12CC[C@@H]3[C@H]4CC[C@]5(O)CC5[C@H]4CC[C@H]3[C@@H]1CC[C@@H]2C(=O)CN1CCN(S(C)(=O)=O)CC1. The van der Waals surface area contributed by atoms with Crippen LogP contribution in [0.15, 0.2) is 0 Å². The van der Waals surface area contributed by atoms with Gasteiger partial charge >= 0.3 is 0 Å². The van der Waals surface area contributed by atoms with Gasteiger partial charge in [-0.25, -0.2) is 8.42 Å². The van der Waals surface area contributed by atoms with Crippen LogP contribution in [0.25, 0.3) is 0 Å². The van der Waals surface area contributed by atoms with Crippen molar-refractivity contribution in [3.63, 3.8) is 0 Å². The van der Waals surface area contributed by atoms with Crippen LogP contribution in [0.5, 0.6) is 0 Å². The number of hydrogen-bond donors (Lipinski definition) is 1. The van der Waals surface area contributed by atoms with E-state index in [1.807, 2.05) is 0 Å². The summed E-state index contributed by atoms with van der Waals surface area (Å²) in [6, 6.07) is 0. The molecule has 0 aromatic rings. The Bertz CT molecular complexity index is 915. The van der Waals surface area contributed by atoms with Gasteiger partial charge in [0.05, 0.1) is 18.4 Å². The predicted octanol–water partition coefficient (Wildman–Crippen LogP) is 2.76. The fourth-order valence-corrected chi connectivity index (χ4v) is 10.6. The lowest BCUT2D eigenvalue weighted by molar-refractivity contribution is -0.132. The predicted molar refractivity (Wildman–Crippen MR) is 127 cm³/mol. The molecule has 6 nitrogen and oxygen atoms in total. The monoisotopic (exact) mass is 478 g/mol. The Labute approximate surface area is 199 Å². The average Bonchev–Trinajstić information content (AvgIpc) is 3.34. The first-order valence-corrected chi connectivity index (χ1v) is 15.4. The summed E-state index contributed by atoms with van der Waals surface area (Å²) in [5, 5.41) is 10.7. The number of sulfonamides is 1. The molecular weight excluding hydrogens is 436 g/mol. The second-order valence-corrected chi connectivity index (χ2v) is 14.9. The number of Topliss-reactive ketones (excluding diaryl/α,β-unsaturated/α-hetero) is 1. The molecule has 33 heavy (non-hydrogen) atoms. The minimum absolute atomic E-state index is 0.147. The van der Waals surface area contributed by atoms with Crippen molar-refractivity contribution in [2.24, 2.45) is 46.8 Å². The van der Waals surface area contributed by atoms with Crippen molar-refractivity contribution in [1.29, 1.82) is 0 Å². The summed E-state index contributed by atoms with van der Waals surface area (Å²) in [6.07, 6.45) is 11.9. The van der Waals surface area contributed by atoms with Crippen LogP contribution in [0.1, 0.15) is 64.7 Å². The first kappa shape index (κ1) is 22.9. The molecular formula is C26H42N2O4S. The summed E-state index contributed by atoms with van der Waals surface area (Å²) in [6.45, 7) is 5.24.